The molecule has 0 saturated heterocycles. The predicted molar refractivity (Wildman–Crippen MR) is 69.8 cm³/mol. The van der Waals surface area contributed by atoms with Crippen molar-refractivity contribution in [2.45, 2.75) is 39.7 Å². The quantitative estimate of drug-likeness (QED) is 0.821. The van der Waals surface area contributed by atoms with E-state index in [4.69, 9.17) is 0 Å². The lowest BCUT2D eigenvalue weighted by molar-refractivity contribution is 0.199. The van der Waals surface area contributed by atoms with Crippen LogP contribution >= 0.6 is 0 Å². The number of benzene rings is 1. The molecule has 0 aromatic heterocycles. The number of rotatable bonds is 6. The molecule has 1 rings (SSSR count). The first-order valence-electron chi connectivity index (χ1n) is 6.33. The van der Waals surface area contributed by atoms with Crippen LogP contribution in [0.1, 0.15) is 45.3 Å². The molecule has 0 unspecified atom stereocenters. The standard InChI is InChI=1S/C14H22FNO/c1-4-6-10-16(5-2)14-12(11(3)17)8-7-9-13(14)15/h7-9,11,17H,4-6,10H2,1-3H3/t11-/m1/s1. The normalized spacial score (nSPS) is 12.5. The zero-order chi connectivity index (χ0) is 12.8. The molecule has 0 amide bonds. The Morgan fingerprint density at radius 1 is 1.35 bits per heavy atom. The van der Waals surface area contributed by atoms with Gasteiger partial charge in [0.2, 0.25) is 0 Å². The van der Waals surface area contributed by atoms with Crippen molar-refractivity contribution < 1.29 is 9.50 Å². The highest BCUT2D eigenvalue weighted by atomic mass is 19.1. The SMILES string of the molecule is CCCCN(CC)c1c(F)cccc1[C@@H](C)O. The van der Waals surface area contributed by atoms with Crippen molar-refractivity contribution in [2.75, 3.05) is 18.0 Å². The van der Waals surface area contributed by atoms with Gasteiger partial charge in [-0.2, -0.15) is 0 Å². The number of hydrogen-bond acceptors (Lipinski definition) is 2. The number of hydrogen-bond donors (Lipinski definition) is 1. The summed E-state index contributed by atoms with van der Waals surface area (Å²) in [6.45, 7) is 7.37. The van der Waals surface area contributed by atoms with Crippen LogP contribution in [0.2, 0.25) is 0 Å². The average molecular weight is 239 g/mol. The third-order valence-corrected chi connectivity index (χ3v) is 2.95. The molecule has 1 aromatic carbocycles. The van der Waals surface area contributed by atoms with Gasteiger partial charge in [-0.3, -0.25) is 0 Å². The Balaban J connectivity index is 3.07. The Kier molecular flexibility index (Phi) is 5.42. The van der Waals surface area contributed by atoms with Gasteiger partial charge in [-0.15, -0.1) is 0 Å². The fourth-order valence-corrected chi connectivity index (χ4v) is 1.98. The molecule has 96 valence electrons. The Morgan fingerprint density at radius 2 is 2.06 bits per heavy atom. The highest BCUT2D eigenvalue weighted by Gasteiger charge is 2.17. The molecular formula is C14H22FNO. The van der Waals surface area contributed by atoms with Crippen LogP contribution < -0.4 is 4.90 Å². The van der Waals surface area contributed by atoms with Crippen molar-refractivity contribution in [2.24, 2.45) is 0 Å². The maximum absolute atomic E-state index is 13.9. The van der Waals surface area contributed by atoms with Gasteiger partial charge in [-0.05, 0) is 26.3 Å². The van der Waals surface area contributed by atoms with Gasteiger partial charge < -0.3 is 10.0 Å². The minimum Gasteiger partial charge on any atom is -0.389 e. The fourth-order valence-electron chi connectivity index (χ4n) is 1.98. The number of para-hydroxylation sites is 1. The number of unbranched alkanes of at least 4 members (excludes halogenated alkanes) is 1. The number of nitrogens with zero attached hydrogens (tertiary/aromatic N) is 1. The lowest BCUT2D eigenvalue weighted by Crippen LogP contribution is -2.26. The molecule has 0 radical (unpaired) electrons. The summed E-state index contributed by atoms with van der Waals surface area (Å²) in [7, 11) is 0. The van der Waals surface area contributed by atoms with Gasteiger partial charge in [0.15, 0.2) is 0 Å². The summed E-state index contributed by atoms with van der Waals surface area (Å²) in [6.07, 6.45) is 1.47. The van der Waals surface area contributed by atoms with Crippen LogP contribution in [0.4, 0.5) is 10.1 Å². The van der Waals surface area contributed by atoms with E-state index >= 15 is 0 Å². The molecule has 0 heterocycles. The smallest absolute Gasteiger partial charge is 0.146 e. The molecule has 17 heavy (non-hydrogen) atoms. The summed E-state index contributed by atoms with van der Waals surface area (Å²) >= 11 is 0. The van der Waals surface area contributed by atoms with Crippen molar-refractivity contribution in [3.05, 3.63) is 29.6 Å². The van der Waals surface area contributed by atoms with Crippen LogP contribution in [0.5, 0.6) is 0 Å². The van der Waals surface area contributed by atoms with Crippen LogP contribution in [-0.4, -0.2) is 18.2 Å². The highest BCUT2D eigenvalue weighted by molar-refractivity contribution is 5.55. The Morgan fingerprint density at radius 3 is 2.59 bits per heavy atom. The van der Waals surface area contributed by atoms with E-state index in [9.17, 15) is 9.50 Å². The minimum absolute atomic E-state index is 0.249. The molecule has 0 aliphatic rings. The van der Waals surface area contributed by atoms with E-state index in [0.717, 1.165) is 25.9 Å². The van der Waals surface area contributed by atoms with E-state index in [1.165, 1.54) is 6.07 Å². The molecule has 0 aliphatic carbocycles. The number of halogens is 1. The van der Waals surface area contributed by atoms with Gasteiger partial charge in [-0.25, -0.2) is 4.39 Å². The zero-order valence-electron chi connectivity index (χ0n) is 10.9. The molecule has 2 nitrogen and oxygen atoms in total. The van der Waals surface area contributed by atoms with E-state index in [0.29, 0.717) is 11.3 Å². The van der Waals surface area contributed by atoms with Gasteiger partial charge in [0, 0.05) is 18.7 Å². The van der Waals surface area contributed by atoms with E-state index in [-0.39, 0.29) is 5.82 Å². The first-order valence-corrected chi connectivity index (χ1v) is 6.33. The molecule has 3 heteroatoms. The molecule has 0 saturated carbocycles. The van der Waals surface area contributed by atoms with Crippen LogP contribution in [0.15, 0.2) is 18.2 Å². The Labute approximate surface area is 103 Å². The first-order chi connectivity index (χ1) is 8.11. The third kappa shape index (κ3) is 3.43. The van der Waals surface area contributed by atoms with Crippen LogP contribution in [-0.2, 0) is 0 Å². The monoisotopic (exact) mass is 239 g/mol. The second-order valence-electron chi connectivity index (χ2n) is 4.29. The molecule has 1 aromatic rings. The fraction of sp³-hybridized carbons (Fsp3) is 0.571. The van der Waals surface area contributed by atoms with Gasteiger partial charge in [0.05, 0.1) is 11.8 Å². The van der Waals surface area contributed by atoms with Gasteiger partial charge in [0.1, 0.15) is 5.82 Å². The molecule has 1 atom stereocenters. The Bertz CT molecular complexity index is 352. The van der Waals surface area contributed by atoms with Crippen LogP contribution in [0, 0.1) is 5.82 Å². The van der Waals surface area contributed by atoms with Gasteiger partial charge in [-0.1, -0.05) is 25.5 Å². The maximum Gasteiger partial charge on any atom is 0.146 e. The van der Waals surface area contributed by atoms with Crippen molar-refractivity contribution in [3.8, 4) is 0 Å². The summed E-state index contributed by atoms with van der Waals surface area (Å²) in [6, 6.07) is 4.89. The van der Waals surface area contributed by atoms with Gasteiger partial charge in [0.25, 0.3) is 0 Å². The second kappa shape index (κ2) is 6.60. The summed E-state index contributed by atoms with van der Waals surface area (Å²) in [5.74, 6) is -0.249. The largest absolute Gasteiger partial charge is 0.389 e. The second-order valence-corrected chi connectivity index (χ2v) is 4.29. The van der Waals surface area contributed by atoms with Crippen molar-refractivity contribution in [1.29, 1.82) is 0 Å². The summed E-state index contributed by atoms with van der Waals surface area (Å²) in [5.41, 5.74) is 1.22. The maximum atomic E-state index is 13.9. The molecule has 0 bridgehead atoms. The lowest BCUT2D eigenvalue weighted by Gasteiger charge is -2.27. The summed E-state index contributed by atoms with van der Waals surface area (Å²) in [5, 5.41) is 9.71. The molecular weight excluding hydrogens is 217 g/mol. The van der Waals surface area contributed by atoms with Crippen molar-refractivity contribution >= 4 is 5.69 Å². The summed E-state index contributed by atoms with van der Waals surface area (Å²) < 4.78 is 13.9. The van der Waals surface area contributed by atoms with Crippen LogP contribution in [0.25, 0.3) is 0 Å². The topological polar surface area (TPSA) is 23.5 Å². The van der Waals surface area contributed by atoms with Gasteiger partial charge >= 0.3 is 0 Å². The predicted octanol–water partition coefficient (Wildman–Crippen LogP) is 3.51. The number of aliphatic hydroxyl groups excluding tert-OH is 1. The number of aliphatic hydroxyl groups is 1. The Hall–Kier alpha value is -1.09. The third-order valence-electron chi connectivity index (χ3n) is 2.95. The van der Waals surface area contributed by atoms with Crippen molar-refractivity contribution in [1.82, 2.24) is 0 Å². The van der Waals surface area contributed by atoms with Crippen molar-refractivity contribution in [3.63, 3.8) is 0 Å². The highest BCUT2D eigenvalue weighted by Crippen LogP contribution is 2.29. The van der Waals surface area contributed by atoms with E-state index in [2.05, 4.69) is 6.92 Å². The summed E-state index contributed by atoms with van der Waals surface area (Å²) in [4.78, 5) is 2.00. The minimum atomic E-state index is -0.642. The van der Waals surface area contributed by atoms with Crippen LogP contribution in [0.3, 0.4) is 0 Å². The molecule has 0 aliphatic heterocycles. The van der Waals surface area contributed by atoms with E-state index < -0.39 is 6.10 Å². The molecule has 1 N–H and O–H groups in total. The lowest BCUT2D eigenvalue weighted by atomic mass is 10.1. The average Bonchev–Trinajstić information content (AvgIpc) is 2.31. The molecule has 0 fully saturated rings. The zero-order valence-corrected chi connectivity index (χ0v) is 10.9. The van der Waals surface area contributed by atoms with E-state index in [1.807, 2.05) is 11.8 Å². The molecule has 0 spiro atoms. The van der Waals surface area contributed by atoms with E-state index in [1.54, 1.807) is 19.1 Å². The number of anilines is 1. The first kappa shape index (κ1) is 14.0.